The minimum Gasteiger partial charge on any atom is -0.352 e. The van der Waals surface area contributed by atoms with E-state index in [0.717, 1.165) is 15.4 Å². The van der Waals surface area contributed by atoms with E-state index in [4.69, 9.17) is 23.2 Å². The molecule has 0 aliphatic rings. The summed E-state index contributed by atoms with van der Waals surface area (Å²) in [6.45, 7) is 6.65. The number of hydrogen-bond donors (Lipinski definition) is 1. The number of amides is 2. The van der Waals surface area contributed by atoms with Crippen molar-refractivity contribution in [3.8, 4) is 0 Å². The summed E-state index contributed by atoms with van der Waals surface area (Å²) in [5.74, 6) is -0.939. The van der Waals surface area contributed by atoms with Crippen LogP contribution < -0.4 is 9.62 Å². The normalized spacial score (nSPS) is 12.1. The summed E-state index contributed by atoms with van der Waals surface area (Å²) in [6, 6.07) is 26.6. The molecule has 236 valence electrons. The Morgan fingerprint density at radius 3 is 2.07 bits per heavy atom. The molecule has 1 atom stereocenters. The van der Waals surface area contributed by atoms with Gasteiger partial charge in [0.1, 0.15) is 12.6 Å². The molecule has 10 heteroatoms. The molecule has 1 unspecified atom stereocenters. The fourth-order valence-corrected chi connectivity index (χ4v) is 6.80. The van der Waals surface area contributed by atoms with E-state index in [1.807, 2.05) is 51.1 Å². The summed E-state index contributed by atoms with van der Waals surface area (Å²) < 4.78 is 29.5. The minimum absolute atomic E-state index is 0.0194. The number of aryl methyl sites for hydroxylation is 1. The summed E-state index contributed by atoms with van der Waals surface area (Å²) in [7, 11) is -4.24. The molecule has 4 aromatic carbocycles. The van der Waals surface area contributed by atoms with Crippen molar-refractivity contribution in [2.24, 2.45) is 0 Å². The first-order valence-corrected chi connectivity index (χ1v) is 16.8. The van der Waals surface area contributed by atoms with E-state index in [2.05, 4.69) is 5.32 Å². The van der Waals surface area contributed by atoms with Crippen molar-refractivity contribution >= 4 is 50.7 Å². The average Bonchev–Trinajstić information content (AvgIpc) is 3.00. The van der Waals surface area contributed by atoms with Crippen LogP contribution in [0.1, 0.15) is 36.1 Å². The van der Waals surface area contributed by atoms with E-state index in [9.17, 15) is 18.0 Å². The number of hydrogen-bond acceptors (Lipinski definition) is 4. The lowest BCUT2D eigenvalue weighted by Gasteiger charge is -2.34. The van der Waals surface area contributed by atoms with Gasteiger partial charge >= 0.3 is 0 Å². The van der Waals surface area contributed by atoms with E-state index in [0.29, 0.717) is 21.2 Å². The van der Waals surface area contributed by atoms with Gasteiger partial charge in [-0.2, -0.15) is 0 Å². The summed E-state index contributed by atoms with van der Waals surface area (Å²) in [5, 5.41) is 3.73. The van der Waals surface area contributed by atoms with Gasteiger partial charge in [-0.25, -0.2) is 8.42 Å². The van der Waals surface area contributed by atoms with Gasteiger partial charge in [-0.3, -0.25) is 13.9 Å². The van der Waals surface area contributed by atoms with Crippen LogP contribution in [0.25, 0.3) is 0 Å². The maximum Gasteiger partial charge on any atom is 0.264 e. The highest BCUT2D eigenvalue weighted by Crippen LogP contribution is 2.32. The molecule has 0 heterocycles. The van der Waals surface area contributed by atoms with Crippen molar-refractivity contribution in [1.82, 2.24) is 10.2 Å². The molecular weight excluding hydrogens is 629 g/mol. The number of rotatable bonds is 12. The first-order valence-electron chi connectivity index (χ1n) is 14.6. The molecule has 0 aliphatic carbocycles. The summed E-state index contributed by atoms with van der Waals surface area (Å²) in [4.78, 5) is 29.8. The standard InChI is InChI=1S/C35H37Cl2N3O4S/c1-24(2)38-35(42)33(21-27-11-6-5-7-12-27)39(22-28-13-8-9-14-31(28)37)34(41)23-40(32-16-10-15-30(36)26(32)4)45(43,44)29-19-17-25(3)18-20-29/h5-20,24,33H,21-23H2,1-4H3,(H,38,42). The predicted molar refractivity (Wildman–Crippen MR) is 181 cm³/mol. The zero-order valence-electron chi connectivity index (χ0n) is 25.7. The summed E-state index contributed by atoms with van der Waals surface area (Å²) in [5.41, 5.74) is 3.11. The van der Waals surface area contributed by atoms with E-state index >= 15 is 0 Å². The SMILES string of the molecule is Cc1ccc(S(=O)(=O)N(CC(=O)N(Cc2ccccc2Cl)C(Cc2ccccc2)C(=O)NC(C)C)c2cccc(Cl)c2C)cc1. The van der Waals surface area contributed by atoms with Gasteiger partial charge in [-0.1, -0.05) is 95.5 Å². The van der Waals surface area contributed by atoms with Gasteiger partial charge in [0.25, 0.3) is 10.0 Å². The third-order valence-corrected chi connectivity index (χ3v) is 9.95. The Bertz CT molecular complexity index is 1750. The topological polar surface area (TPSA) is 86.8 Å². The number of nitrogens with zero attached hydrogens (tertiary/aromatic N) is 2. The van der Waals surface area contributed by atoms with Crippen LogP contribution in [0.4, 0.5) is 5.69 Å². The molecule has 0 bridgehead atoms. The number of halogens is 2. The number of benzene rings is 4. The lowest BCUT2D eigenvalue weighted by atomic mass is 10.0. The highest BCUT2D eigenvalue weighted by Gasteiger charge is 2.35. The second-order valence-electron chi connectivity index (χ2n) is 11.2. The smallest absolute Gasteiger partial charge is 0.264 e. The monoisotopic (exact) mass is 665 g/mol. The molecular formula is C35H37Cl2N3O4S. The lowest BCUT2D eigenvalue weighted by molar-refractivity contribution is -0.140. The van der Waals surface area contributed by atoms with E-state index < -0.39 is 28.5 Å². The molecule has 0 aliphatic heterocycles. The Hall–Kier alpha value is -3.85. The first-order chi connectivity index (χ1) is 21.4. The molecule has 0 fully saturated rings. The fourth-order valence-electron chi connectivity index (χ4n) is 4.96. The van der Waals surface area contributed by atoms with Crippen molar-refractivity contribution in [3.63, 3.8) is 0 Å². The Labute approximate surface area is 275 Å². The van der Waals surface area contributed by atoms with Gasteiger partial charge in [0, 0.05) is 29.1 Å². The maximum atomic E-state index is 14.6. The Morgan fingerprint density at radius 1 is 0.800 bits per heavy atom. The molecule has 4 aromatic rings. The van der Waals surface area contributed by atoms with E-state index in [1.165, 1.54) is 17.0 Å². The minimum atomic E-state index is -4.24. The van der Waals surface area contributed by atoms with Gasteiger partial charge in [-0.15, -0.1) is 0 Å². The second-order valence-corrected chi connectivity index (χ2v) is 13.9. The van der Waals surface area contributed by atoms with Gasteiger partial charge < -0.3 is 10.2 Å². The van der Waals surface area contributed by atoms with Crippen molar-refractivity contribution < 1.29 is 18.0 Å². The number of anilines is 1. The zero-order chi connectivity index (χ0) is 32.7. The largest absolute Gasteiger partial charge is 0.352 e. The second kappa shape index (κ2) is 15.0. The molecule has 4 rings (SSSR count). The van der Waals surface area contributed by atoms with Crippen molar-refractivity contribution in [2.45, 2.75) is 57.6 Å². The predicted octanol–water partition coefficient (Wildman–Crippen LogP) is 6.97. The van der Waals surface area contributed by atoms with Crippen molar-refractivity contribution in [3.05, 3.63) is 129 Å². The van der Waals surface area contributed by atoms with Gasteiger partial charge in [0.2, 0.25) is 11.8 Å². The fraction of sp³-hybridized carbons (Fsp3) is 0.257. The Balaban J connectivity index is 1.85. The third-order valence-electron chi connectivity index (χ3n) is 7.40. The zero-order valence-corrected chi connectivity index (χ0v) is 28.0. The van der Waals surface area contributed by atoms with Gasteiger partial charge in [-0.05, 0) is 74.7 Å². The molecule has 0 saturated heterocycles. The third kappa shape index (κ3) is 8.45. The van der Waals surface area contributed by atoms with Crippen LogP contribution in [0.15, 0.2) is 102 Å². The first kappa shape index (κ1) is 34.0. The number of nitrogens with one attached hydrogen (secondary N) is 1. The van der Waals surface area contributed by atoms with Crippen LogP contribution in [-0.4, -0.2) is 43.8 Å². The molecule has 1 N–H and O–H groups in total. The molecule has 0 aromatic heterocycles. The number of carbonyl (C=O) groups excluding carboxylic acids is 2. The summed E-state index contributed by atoms with van der Waals surface area (Å²) in [6.07, 6.45) is 0.205. The molecule has 0 spiro atoms. The average molecular weight is 667 g/mol. The van der Waals surface area contributed by atoms with Gasteiger partial charge in [0.15, 0.2) is 0 Å². The summed E-state index contributed by atoms with van der Waals surface area (Å²) >= 11 is 13.0. The molecule has 0 saturated carbocycles. The van der Waals surface area contributed by atoms with Crippen LogP contribution >= 0.6 is 23.2 Å². The Morgan fingerprint density at radius 2 is 1.42 bits per heavy atom. The molecule has 0 radical (unpaired) electrons. The van der Waals surface area contributed by atoms with Crippen LogP contribution in [0.3, 0.4) is 0 Å². The Kier molecular flexibility index (Phi) is 11.3. The number of carbonyl (C=O) groups is 2. The van der Waals surface area contributed by atoms with Crippen LogP contribution in [0.5, 0.6) is 0 Å². The quantitative estimate of drug-likeness (QED) is 0.177. The van der Waals surface area contributed by atoms with Crippen LogP contribution in [0, 0.1) is 13.8 Å². The highest BCUT2D eigenvalue weighted by atomic mass is 35.5. The lowest BCUT2D eigenvalue weighted by Crippen LogP contribution is -2.54. The highest BCUT2D eigenvalue weighted by molar-refractivity contribution is 7.92. The molecule has 2 amide bonds. The van der Waals surface area contributed by atoms with Gasteiger partial charge in [0.05, 0.1) is 10.6 Å². The van der Waals surface area contributed by atoms with E-state index in [-0.39, 0.29) is 35.5 Å². The molecule has 7 nitrogen and oxygen atoms in total. The van der Waals surface area contributed by atoms with Crippen LogP contribution in [-0.2, 0) is 32.6 Å². The van der Waals surface area contributed by atoms with E-state index in [1.54, 1.807) is 61.5 Å². The van der Waals surface area contributed by atoms with Crippen molar-refractivity contribution in [2.75, 3.05) is 10.8 Å². The van der Waals surface area contributed by atoms with Crippen LogP contribution in [0.2, 0.25) is 10.0 Å². The molecule has 45 heavy (non-hydrogen) atoms. The van der Waals surface area contributed by atoms with Crippen molar-refractivity contribution in [1.29, 1.82) is 0 Å². The maximum absolute atomic E-state index is 14.6. The number of sulfonamides is 1.